The Labute approximate surface area is 69.0 Å². The lowest BCUT2D eigenvalue weighted by molar-refractivity contribution is -0.119. The number of hydrogen-bond acceptors (Lipinski definition) is 2. The summed E-state index contributed by atoms with van der Waals surface area (Å²) in [5.41, 5.74) is 0. The van der Waals surface area contributed by atoms with Gasteiger partial charge in [-0.1, -0.05) is 13.8 Å². The van der Waals surface area contributed by atoms with Crippen LogP contribution in [0.4, 0.5) is 0 Å². The van der Waals surface area contributed by atoms with E-state index in [1.54, 1.807) is 4.90 Å². The van der Waals surface area contributed by atoms with Crippen molar-refractivity contribution in [3.8, 4) is 0 Å². The van der Waals surface area contributed by atoms with Crippen LogP contribution in [0.15, 0.2) is 0 Å². The highest BCUT2D eigenvalue weighted by Crippen LogP contribution is 1.94. The van der Waals surface area contributed by atoms with Crippen molar-refractivity contribution in [1.82, 2.24) is 9.80 Å². The van der Waals surface area contributed by atoms with Crippen molar-refractivity contribution >= 4 is 6.41 Å². The molecular weight excluding hydrogens is 140 g/mol. The molecule has 0 bridgehead atoms. The fourth-order valence-corrected chi connectivity index (χ4v) is 0.927. The number of likely N-dealkylation sites (N-methyl/N-ethyl adjacent to an activating group) is 1. The highest BCUT2D eigenvalue weighted by atomic mass is 16.1. The van der Waals surface area contributed by atoms with Crippen molar-refractivity contribution in [2.75, 3.05) is 33.2 Å². The predicted molar refractivity (Wildman–Crippen MR) is 46.5 cm³/mol. The van der Waals surface area contributed by atoms with Gasteiger partial charge in [0.05, 0.1) is 0 Å². The standard InChI is InChI=1S/C6H12N2O.C2H6/c1-7-2-4-8(6-9)5-3-7;1-2/h6H,2-5H2,1H3;1-2H3. The average Bonchev–Trinajstić information content (AvgIpc) is 2.10. The van der Waals surface area contributed by atoms with Crippen LogP contribution in [0, 0.1) is 0 Å². The third kappa shape index (κ3) is 3.98. The minimum absolute atomic E-state index is 0.889. The summed E-state index contributed by atoms with van der Waals surface area (Å²) in [6, 6.07) is 0. The van der Waals surface area contributed by atoms with Gasteiger partial charge in [-0.3, -0.25) is 4.79 Å². The lowest BCUT2D eigenvalue weighted by Crippen LogP contribution is -2.43. The quantitative estimate of drug-likeness (QED) is 0.516. The van der Waals surface area contributed by atoms with Crippen LogP contribution in [0.5, 0.6) is 0 Å². The van der Waals surface area contributed by atoms with E-state index < -0.39 is 0 Å². The van der Waals surface area contributed by atoms with Crippen LogP contribution < -0.4 is 0 Å². The average molecular weight is 158 g/mol. The molecule has 0 aliphatic carbocycles. The second-order valence-electron chi connectivity index (χ2n) is 2.44. The van der Waals surface area contributed by atoms with E-state index in [9.17, 15) is 4.79 Å². The first-order chi connectivity index (χ1) is 5.33. The molecule has 0 unspecified atom stereocenters. The van der Waals surface area contributed by atoms with Gasteiger partial charge in [-0.2, -0.15) is 0 Å². The maximum atomic E-state index is 10.2. The minimum atomic E-state index is 0.889. The monoisotopic (exact) mass is 158 g/mol. The third-order valence-electron chi connectivity index (χ3n) is 1.69. The Bertz CT molecular complexity index is 98.3. The van der Waals surface area contributed by atoms with Gasteiger partial charge in [-0.25, -0.2) is 0 Å². The molecule has 3 nitrogen and oxygen atoms in total. The van der Waals surface area contributed by atoms with E-state index in [-0.39, 0.29) is 0 Å². The van der Waals surface area contributed by atoms with Gasteiger partial charge in [0.25, 0.3) is 0 Å². The first kappa shape index (κ1) is 10.4. The Morgan fingerprint density at radius 2 is 1.55 bits per heavy atom. The van der Waals surface area contributed by atoms with Crippen LogP contribution in [0.2, 0.25) is 0 Å². The number of amides is 1. The van der Waals surface area contributed by atoms with Gasteiger partial charge in [0.1, 0.15) is 0 Å². The molecule has 1 saturated heterocycles. The number of piperazine rings is 1. The summed E-state index contributed by atoms with van der Waals surface area (Å²) in [5.74, 6) is 0. The topological polar surface area (TPSA) is 23.6 Å². The van der Waals surface area contributed by atoms with Gasteiger partial charge in [0.2, 0.25) is 6.41 Å². The van der Waals surface area contributed by atoms with E-state index in [2.05, 4.69) is 11.9 Å². The zero-order valence-electron chi connectivity index (χ0n) is 7.71. The Hall–Kier alpha value is -0.570. The van der Waals surface area contributed by atoms with Crippen LogP contribution in [-0.2, 0) is 4.79 Å². The zero-order valence-corrected chi connectivity index (χ0v) is 7.71. The number of rotatable bonds is 1. The van der Waals surface area contributed by atoms with Crippen molar-refractivity contribution in [2.45, 2.75) is 13.8 Å². The maximum absolute atomic E-state index is 10.2. The van der Waals surface area contributed by atoms with E-state index in [1.807, 2.05) is 13.8 Å². The van der Waals surface area contributed by atoms with Crippen molar-refractivity contribution in [1.29, 1.82) is 0 Å². The van der Waals surface area contributed by atoms with Gasteiger partial charge in [-0.05, 0) is 7.05 Å². The number of hydrogen-bond donors (Lipinski definition) is 0. The zero-order chi connectivity index (χ0) is 8.69. The summed E-state index contributed by atoms with van der Waals surface area (Å²) in [4.78, 5) is 14.2. The second-order valence-corrected chi connectivity index (χ2v) is 2.44. The summed E-state index contributed by atoms with van der Waals surface area (Å²) >= 11 is 0. The van der Waals surface area contributed by atoms with Crippen molar-refractivity contribution < 1.29 is 4.79 Å². The molecule has 1 rings (SSSR count). The Morgan fingerprint density at radius 1 is 1.09 bits per heavy atom. The molecule has 0 aromatic rings. The van der Waals surface area contributed by atoms with Crippen molar-refractivity contribution in [2.24, 2.45) is 0 Å². The van der Waals surface area contributed by atoms with Crippen LogP contribution >= 0.6 is 0 Å². The largest absolute Gasteiger partial charge is 0.343 e. The molecule has 66 valence electrons. The van der Waals surface area contributed by atoms with E-state index in [1.165, 1.54) is 0 Å². The molecule has 3 heteroatoms. The van der Waals surface area contributed by atoms with E-state index in [4.69, 9.17) is 0 Å². The summed E-state index contributed by atoms with van der Waals surface area (Å²) in [6.07, 6.45) is 0.924. The fourth-order valence-electron chi connectivity index (χ4n) is 0.927. The molecule has 0 spiro atoms. The Kier molecular flexibility index (Phi) is 5.84. The molecule has 1 amide bonds. The lowest BCUT2D eigenvalue weighted by Gasteiger charge is -2.29. The van der Waals surface area contributed by atoms with Crippen LogP contribution in [0.3, 0.4) is 0 Å². The molecule has 0 N–H and O–H groups in total. The van der Waals surface area contributed by atoms with Gasteiger partial charge in [0, 0.05) is 26.2 Å². The summed E-state index contributed by atoms with van der Waals surface area (Å²) in [7, 11) is 2.07. The van der Waals surface area contributed by atoms with Crippen LogP contribution in [0.1, 0.15) is 13.8 Å². The van der Waals surface area contributed by atoms with Crippen molar-refractivity contribution in [3.05, 3.63) is 0 Å². The molecule has 1 aliphatic heterocycles. The second kappa shape index (κ2) is 6.16. The van der Waals surface area contributed by atoms with Crippen LogP contribution in [0.25, 0.3) is 0 Å². The van der Waals surface area contributed by atoms with Gasteiger partial charge >= 0.3 is 0 Å². The smallest absolute Gasteiger partial charge is 0.209 e. The van der Waals surface area contributed by atoms with E-state index in [0.29, 0.717) is 0 Å². The van der Waals surface area contributed by atoms with E-state index in [0.717, 1.165) is 32.6 Å². The summed E-state index contributed by atoms with van der Waals surface area (Å²) in [5, 5.41) is 0. The Balaban J connectivity index is 0.000000461. The predicted octanol–water partition coefficient (Wildman–Crippen LogP) is 0.416. The Morgan fingerprint density at radius 3 is 1.91 bits per heavy atom. The van der Waals surface area contributed by atoms with Crippen LogP contribution in [-0.4, -0.2) is 49.4 Å². The molecule has 0 atom stereocenters. The number of carbonyl (C=O) groups excluding carboxylic acids is 1. The highest BCUT2D eigenvalue weighted by Gasteiger charge is 2.10. The summed E-state index contributed by atoms with van der Waals surface area (Å²) in [6.45, 7) is 7.80. The SMILES string of the molecule is CC.CN1CCN(C=O)CC1. The van der Waals surface area contributed by atoms with Gasteiger partial charge < -0.3 is 9.80 Å². The van der Waals surface area contributed by atoms with E-state index >= 15 is 0 Å². The first-order valence-electron chi connectivity index (χ1n) is 4.21. The highest BCUT2D eigenvalue weighted by molar-refractivity contribution is 5.47. The molecule has 0 aromatic carbocycles. The molecule has 0 saturated carbocycles. The lowest BCUT2D eigenvalue weighted by atomic mass is 10.4. The molecule has 0 aromatic heterocycles. The number of carbonyl (C=O) groups is 1. The molecule has 0 radical (unpaired) electrons. The molecular formula is C8H18N2O. The van der Waals surface area contributed by atoms with Gasteiger partial charge in [-0.15, -0.1) is 0 Å². The minimum Gasteiger partial charge on any atom is -0.343 e. The first-order valence-corrected chi connectivity index (χ1v) is 4.21. The summed E-state index contributed by atoms with van der Waals surface area (Å²) < 4.78 is 0. The maximum Gasteiger partial charge on any atom is 0.209 e. The number of nitrogens with zero attached hydrogens (tertiary/aromatic N) is 2. The molecule has 1 aliphatic rings. The third-order valence-corrected chi connectivity index (χ3v) is 1.69. The normalized spacial score (nSPS) is 18.6. The van der Waals surface area contributed by atoms with Crippen molar-refractivity contribution in [3.63, 3.8) is 0 Å². The molecule has 11 heavy (non-hydrogen) atoms. The molecule has 1 heterocycles. The molecule has 1 fully saturated rings. The fraction of sp³-hybridized carbons (Fsp3) is 0.875. The van der Waals surface area contributed by atoms with Gasteiger partial charge in [0.15, 0.2) is 0 Å².